The molecule has 0 bridgehead atoms. The molecule has 1 aliphatic rings. The second-order valence-electron chi connectivity index (χ2n) is 5.42. The summed E-state index contributed by atoms with van der Waals surface area (Å²) in [6, 6.07) is 4.23. The summed E-state index contributed by atoms with van der Waals surface area (Å²) in [5.41, 5.74) is 8.41. The van der Waals surface area contributed by atoms with Crippen molar-refractivity contribution in [3.05, 3.63) is 34.3 Å². The van der Waals surface area contributed by atoms with Gasteiger partial charge in [-0.15, -0.1) is 23.7 Å². The first-order valence-electron chi connectivity index (χ1n) is 7.36. The minimum Gasteiger partial charge on any atom is -0.493 e. The second-order valence-corrected chi connectivity index (χ2v) is 6.56. The molecule has 0 fully saturated rings. The molecule has 126 valence electrons. The Morgan fingerprint density at radius 2 is 1.70 bits per heavy atom. The Bertz CT molecular complexity index is 628. The van der Waals surface area contributed by atoms with Crippen LogP contribution >= 0.6 is 23.7 Å². The summed E-state index contributed by atoms with van der Waals surface area (Å²) in [5.74, 6) is 1.62. The van der Waals surface area contributed by atoms with E-state index in [1.807, 2.05) is 6.20 Å². The van der Waals surface area contributed by atoms with Crippen molar-refractivity contribution in [2.24, 2.45) is 0 Å². The maximum absolute atomic E-state index is 5.71. The van der Waals surface area contributed by atoms with Crippen LogP contribution in [0, 0.1) is 0 Å². The minimum absolute atomic E-state index is 0. The molecule has 0 unspecified atom stereocenters. The van der Waals surface area contributed by atoms with E-state index in [1.54, 1.807) is 25.6 Å². The Morgan fingerprint density at radius 3 is 2.13 bits per heavy atom. The van der Waals surface area contributed by atoms with Crippen LogP contribution in [0.4, 0.5) is 5.13 Å². The third-order valence-electron chi connectivity index (χ3n) is 4.05. The molecule has 23 heavy (non-hydrogen) atoms. The first-order valence-corrected chi connectivity index (χ1v) is 8.17. The topological polar surface area (TPSA) is 60.6 Å². The molecule has 5 nitrogen and oxygen atoms in total. The Balaban J connectivity index is 0.00000192. The number of benzene rings is 1. The lowest BCUT2D eigenvalue weighted by molar-refractivity contribution is 0.281. The molecule has 1 aliphatic heterocycles. The molecule has 0 atom stereocenters. The fourth-order valence-electron chi connectivity index (χ4n) is 2.87. The van der Waals surface area contributed by atoms with E-state index in [-0.39, 0.29) is 12.4 Å². The molecule has 0 aliphatic carbocycles. The van der Waals surface area contributed by atoms with Gasteiger partial charge in [0.2, 0.25) is 0 Å². The van der Waals surface area contributed by atoms with Crippen molar-refractivity contribution in [3.63, 3.8) is 0 Å². The highest BCUT2D eigenvalue weighted by Gasteiger charge is 2.18. The molecule has 2 heterocycles. The number of rotatable bonds is 4. The molecule has 7 heteroatoms. The first-order chi connectivity index (χ1) is 10.7. The highest BCUT2D eigenvalue weighted by atomic mass is 35.5. The van der Waals surface area contributed by atoms with Crippen molar-refractivity contribution in [1.82, 2.24) is 9.88 Å². The summed E-state index contributed by atoms with van der Waals surface area (Å²) in [7, 11) is 3.36. The van der Waals surface area contributed by atoms with E-state index in [2.05, 4.69) is 22.0 Å². The highest BCUT2D eigenvalue weighted by Crippen LogP contribution is 2.32. The number of ether oxygens (including phenoxy) is 2. The summed E-state index contributed by atoms with van der Waals surface area (Å²) in [5, 5.41) is 0.641. The Morgan fingerprint density at radius 1 is 1.13 bits per heavy atom. The number of aromatic nitrogens is 1. The molecule has 1 aromatic heterocycles. The highest BCUT2D eigenvalue weighted by molar-refractivity contribution is 7.15. The number of hydrogen-bond donors (Lipinski definition) is 1. The molecule has 0 spiro atoms. The molecule has 0 saturated carbocycles. The fourth-order valence-corrected chi connectivity index (χ4v) is 3.60. The van der Waals surface area contributed by atoms with E-state index in [4.69, 9.17) is 15.2 Å². The number of nitrogens with zero attached hydrogens (tertiary/aromatic N) is 2. The maximum atomic E-state index is 5.71. The zero-order valence-corrected chi connectivity index (χ0v) is 15.0. The van der Waals surface area contributed by atoms with Gasteiger partial charge in [0.15, 0.2) is 16.6 Å². The molecule has 2 N–H and O–H groups in total. The zero-order chi connectivity index (χ0) is 15.5. The Hall–Kier alpha value is -1.50. The maximum Gasteiger partial charge on any atom is 0.180 e. The molecule has 0 saturated heterocycles. The lowest BCUT2D eigenvalue weighted by Crippen LogP contribution is -2.25. The predicted octanol–water partition coefficient (Wildman–Crippen LogP) is 2.77. The van der Waals surface area contributed by atoms with Crippen molar-refractivity contribution in [2.75, 3.05) is 33.0 Å². The normalized spacial score (nSPS) is 14.5. The smallest absolute Gasteiger partial charge is 0.180 e. The third-order valence-corrected chi connectivity index (χ3v) is 4.86. The summed E-state index contributed by atoms with van der Waals surface area (Å²) in [6.07, 6.45) is 3.91. The van der Waals surface area contributed by atoms with Gasteiger partial charge >= 0.3 is 0 Å². The van der Waals surface area contributed by atoms with E-state index in [0.717, 1.165) is 44.0 Å². The number of anilines is 1. The van der Waals surface area contributed by atoms with Crippen LogP contribution < -0.4 is 15.2 Å². The summed E-state index contributed by atoms with van der Waals surface area (Å²) >= 11 is 1.57. The second kappa shape index (κ2) is 7.86. The van der Waals surface area contributed by atoms with Gasteiger partial charge < -0.3 is 15.2 Å². The number of nitrogen functional groups attached to an aromatic ring is 1. The third kappa shape index (κ3) is 4.07. The van der Waals surface area contributed by atoms with Gasteiger partial charge in [-0.2, -0.15) is 0 Å². The number of hydrogen-bond acceptors (Lipinski definition) is 6. The Kier molecular flexibility index (Phi) is 6.10. The van der Waals surface area contributed by atoms with Crippen molar-refractivity contribution in [3.8, 4) is 11.5 Å². The largest absolute Gasteiger partial charge is 0.493 e. The van der Waals surface area contributed by atoms with Crippen LogP contribution in [-0.2, 0) is 19.4 Å². The number of nitrogens with two attached hydrogens (primary N) is 1. The van der Waals surface area contributed by atoms with Crippen molar-refractivity contribution in [2.45, 2.75) is 19.4 Å². The van der Waals surface area contributed by atoms with E-state index >= 15 is 0 Å². The van der Waals surface area contributed by atoms with Crippen LogP contribution in [0.5, 0.6) is 11.5 Å². The monoisotopic (exact) mass is 355 g/mol. The van der Waals surface area contributed by atoms with E-state index in [0.29, 0.717) is 5.13 Å². The van der Waals surface area contributed by atoms with Crippen LogP contribution in [0.15, 0.2) is 18.3 Å². The summed E-state index contributed by atoms with van der Waals surface area (Å²) in [6.45, 7) is 2.97. The summed E-state index contributed by atoms with van der Waals surface area (Å²) < 4.78 is 10.8. The van der Waals surface area contributed by atoms with Gasteiger partial charge in [-0.1, -0.05) is 0 Å². The molecule has 2 aromatic rings. The lowest BCUT2D eigenvalue weighted by atomic mass is 10.0. The van der Waals surface area contributed by atoms with Gasteiger partial charge in [0, 0.05) is 30.7 Å². The SMILES string of the molecule is COc1cc2c(cc1OC)CCN(Cc1cnc(N)s1)CC2.Cl. The van der Waals surface area contributed by atoms with E-state index in [9.17, 15) is 0 Å². The quantitative estimate of drug-likeness (QED) is 0.913. The van der Waals surface area contributed by atoms with Crippen molar-refractivity contribution in [1.29, 1.82) is 0 Å². The van der Waals surface area contributed by atoms with Gasteiger partial charge in [-0.3, -0.25) is 4.90 Å². The average Bonchev–Trinajstić information content (AvgIpc) is 2.83. The minimum atomic E-state index is 0. The van der Waals surface area contributed by atoms with Crippen molar-refractivity contribution >= 4 is 28.9 Å². The standard InChI is InChI=1S/C16H21N3O2S.ClH/c1-20-14-7-11-3-5-19(10-13-9-18-16(17)22-13)6-4-12(11)8-15(14)21-2;/h7-9H,3-6,10H2,1-2H3,(H2,17,18);1H. The molecule has 0 amide bonds. The molecule has 0 radical (unpaired) electrons. The first kappa shape index (κ1) is 17.8. The van der Waals surface area contributed by atoms with Crippen LogP contribution in [-0.4, -0.2) is 37.2 Å². The van der Waals surface area contributed by atoms with Gasteiger partial charge in [0.25, 0.3) is 0 Å². The molecule has 3 rings (SSSR count). The number of fused-ring (bicyclic) bond motifs is 1. The number of thiazole rings is 1. The van der Waals surface area contributed by atoms with Crippen LogP contribution in [0.1, 0.15) is 16.0 Å². The summed E-state index contributed by atoms with van der Waals surface area (Å²) in [4.78, 5) is 7.80. The fraction of sp³-hybridized carbons (Fsp3) is 0.438. The van der Waals surface area contributed by atoms with Crippen LogP contribution in [0.3, 0.4) is 0 Å². The average molecular weight is 356 g/mol. The molecular weight excluding hydrogens is 334 g/mol. The van der Waals surface area contributed by atoms with Gasteiger partial charge in [-0.25, -0.2) is 4.98 Å². The Labute approximate surface area is 146 Å². The van der Waals surface area contributed by atoms with Crippen molar-refractivity contribution < 1.29 is 9.47 Å². The predicted molar refractivity (Wildman–Crippen MR) is 96.0 cm³/mol. The van der Waals surface area contributed by atoms with Gasteiger partial charge in [0.1, 0.15) is 0 Å². The molecular formula is C16H22ClN3O2S. The van der Waals surface area contributed by atoms with Crippen LogP contribution in [0.25, 0.3) is 0 Å². The van der Waals surface area contributed by atoms with E-state index in [1.165, 1.54) is 16.0 Å². The van der Waals surface area contributed by atoms with Gasteiger partial charge in [0.05, 0.1) is 14.2 Å². The van der Waals surface area contributed by atoms with Crippen LogP contribution in [0.2, 0.25) is 0 Å². The van der Waals surface area contributed by atoms with E-state index < -0.39 is 0 Å². The zero-order valence-electron chi connectivity index (χ0n) is 13.4. The number of halogens is 1. The van der Waals surface area contributed by atoms with Gasteiger partial charge in [-0.05, 0) is 36.1 Å². The molecule has 1 aromatic carbocycles. The lowest BCUT2D eigenvalue weighted by Gasteiger charge is -2.18. The number of methoxy groups -OCH3 is 2.